The Labute approximate surface area is 110 Å². The van der Waals surface area contributed by atoms with Crippen LogP contribution in [0.2, 0.25) is 0 Å². The van der Waals surface area contributed by atoms with Crippen molar-refractivity contribution in [2.75, 3.05) is 13.7 Å². The molecule has 1 heterocycles. The number of ether oxygens (including phenoxy) is 1. The fraction of sp³-hybridized carbons (Fsp3) is 0.786. The largest absolute Gasteiger partial charge is 0.381 e. The van der Waals surface area contributed by atoms with Crippen molar-refractivity contribution in [2.45, 2.75) is 57.6 Å². The van der Waals surface area contributed by atoms with Crippen molar-refractivity contribution in [1.82, 2.24) is 15.5 Å². The summed E-state index contributed by atoms with van der Waals surface area (Å²) < 4.78 is 5.39. The Kier molecular flexibility index (Phi) is 5.20. The first-order chi connectivity index (χ1) is 8.79. The summed E-state index contributed by atoms with van der Waals surface area (Å²) in [5.41, 5.74) is 2.55. The Morgan fingerprint density at radius 3 is 2.78 bits per heavy atom. The molecule has 0 radical (unpaired) electrons. The number of hydrogen-bond donors (Lipinski definition) is 2. The Bertz CT molecular complexity index is 343. The molecular formula is C14H25N3O. The zero-order valence-electron chi connectivity index (χ0n) is 11.5. The van der Waals surface area contributed by atoms with E-state index in [0.29, 0.717) is 12.1 Å². The number of nitrogens with zero attached hydrogens (tertiary/aromatic N) is 1. The first-order valence-corrected chi connectivity index (χ1v) is 7.04. The van der Waals surface area contributed by atoms with Gasteiger partial charge in [-0.15, -0.1) is 0 Å². The Morgan fingerprint density at radius 2 is 2.17 bits per heavy atom. The molecule has 0 aliphatic heterocycles. The molecule has 1 fully saturated rings. The first-order valence-electron chi connectivity index (χ1n) is 7.04. The van der Waals surface area contributed by atoms with Gasteiger partial charge in [-0.3, -0.25) is 5.10 Å². The first kappa shape index (κ1) is 13.6. The number of hydrogen-bond acceptors (Lipinski definition) is 3. The zero-order chi connectivity index (χ0) is 12.8. The van der Waals surface area contributed by atoms with Crippen LogP contribution in [-0.4, -0.2) is 36.0 Å². The van der Waals surface area contributed by atoms with Crippen molar-refractivity contribution < 1.29 is 4.74 Å². The molecule has 2 N–H and O–H groups in total. The highest BCUT2D eigenvalue weighted by molar-refractivity contribution is 5.14. The molecule has 1 aromatic rings. The van der Waals surface area contributed by atoms with Crippen molar-refractivity contribution in [3.05, 3.63) is 17.5 Å². The number of aromatic amines is 1. The van der Waals surface area contributed by atoms with E-state index in [9.17, 15) is 0 Å². The van der Waals surface area contributed by atoms with Gasteiger partial charge in [0.1, 0.15) is 0 Å². The van der Waals surface area contributed by atoms with Crippen LogP contribution >= 0.6 is 0 Å². The van der Waals surface area contributed by atoms with Gasteiger partial charge in [0.25, 0.3) is 0 Å². The summed E-state index contributed by atoms with van der Waals surface area (Å²) in [4.78, 5) is 0. The SMILES string of the molecule is COC1CCC(NCCCc2cn[nH]c2C)CC1. The summed E-state index contributed by atoms with van der Waals surface area (Å²) in [6, 6.07) is 0.696. The third kappa shape index (κ3) is 3.82. The fourth-order valence-corrected chi connectivity index (χ4v) is 2.72. The molecule has 1 saturated carbocycles. The Morgan fingerprint density at radius 1 is 1.39 bits per heavy atom. The fourth-order valence-electron chi connectivity index (χ4n) is 2.72. The van der Waals surface area contributed by atoms with Crippen LogP contribution in [0.5, 0.6) is 0 Å². The molecule has 0 aromatic carbocycles. The van der Waals surface area contributed by atoms with Gasteiger partial charge in [-0.1, -0.05) is 0 Å². The molecule has 2 rings (SSSR count). The summed E-state index contributed by atoms with van der Waals surface area (Å²) >= 11 is 0. The molecule has 18 heavy (non-hydrogen) atoms. The van der Waals surface area contributed by atoms with Crippen LogP contribution in [0.25, 0.3) is 0 Å². The lowest BCUT2D eigenvalue weighted by Crippen LogP contribution is -2.35. The molecule has 0 spiro atoms. The number of rotatable bonds is 6. The highest BCUT2D eigenvalue weighted by Gasteiger charge is 2.19. The molecule has 0 atom stereocenters. The van der Waals surface area contributed by atoms with Gasteiger partial charge in [-0.05, 0) is 57.6 Å². The van der Waals surface area contributed by atoms with Crippen LogP contribution in [0, 0.1) is 6.92 Å². The molecule has 4 nitrogen and oxygen atoms in total. The quantitative estimate of drug-likeness (QED) is 0.762. The van der Waals surface area contributed by atoms with E-state index in [1.807, 2.05) is 13.3 Å². The standard InChI is InChI=1S/C14H25N3O/c1-11-12(10-16-17-11)4-3-9-15-13-5-7-14(18-2)8-6-13/h10,13-15H,3-9H2,1-2H3,(H,16,17). The summed E-state index contributed by atoms with van der Waals surface area (Å²) in [5, 5.41) is 10.7. The number of aryl methyl sites for hydroxylation is 2. The maximum absolute atomic E-state index is 5.39. The predicted octanol–water partition coefficient (Wildman–Crippen LogP) is 2.20. The summed E-state index contributed by atoms with van der Waals surface area (Å²) in [6.45, 7) is 3.19. The molecule has 0 bridgehead atoms. The maximum Gasteiger partial charge on any atom is 0.0572 e. The third-order valence-corrected chi connectivity index (χ3v) is 4.00. The molecular weight excluding hydrogens is 226 g/mol. The van der Waals surface area contributed by atoms with Crippen LogP contribution in [0.4, 0.5) is 0 Å². The summed E-state index contributed by atoms with van der Waals surface area (Å²) in [7, 11) is 1.83. The van der Waals surface area contributed by atoms with E-state index in [2.05, 4.69) is 22.4 Å². The van der Waals surface area contributed by atoms with Gasteiger partial charge in [0.05, 0.1) is 12.3 Å². The normalized spacial score (nSPS) is 24.3. The lowest BCUT2D eigenvalue weighted by molar-refractivity contribution is 0.0626. The van der Waals surface area contributed by atoms with Gasteiger partial charge in [-0.25, -0.2) is 0 Å². The average Bonchev–Trinajstić information content (AvgIpc) is 2.81. The van der Waals surface area contributed by atoms with Crippen LogP contribution in [0.15, 0.2) is 6.20 Å². The topological polar surface area (TPSA) is 49.9 Å². The van der Waals surface area contributed by atoms with E-state index in [1.165, 1.54) is 43.4 Å². The van der Waals surface area contributed by atoms with Gasteiger partial charge in [0.15, 0.2) is 0 Å². The van der Waals surface area contributed by atoms with E-state index in [-0.39, 0.29) is 0 Å². The van der Waals surface area contributed by atoms with E-state index in [1.54, 1.807) is 0 Å². The molecule has 4 heteroatoms. The van der Waals surface area contributed by atoms with Crippen LogP contribution in [0.3, 0.4) is 0 Å². The van der Waals surface area contributed by atoms with Crippen LogP contribution in [-0.2, 0) is 11.2 Å². The number of H-pyrrole nitrogens is 1. The lowest BCUT2D eigenvalue weighted by Gasteiger charge is -2.28. The maximum atomic E-state index is 5.39. The van der Waals surface area contributed by atoms with Gasteiger partial charge in [0.2, 0.25) is 0 Å². The highest BCUT2D eigenvalue weighted by Crippen LogP contribution is 2.20. The van der Waals surface area contributed by atoms with Gasteiger partial charge in [0, 0.05) is 18.8 Å². The zero-order valence-corrected chi connectivity index (χ0v) is 11.5. The van der Waals surface area contributed by atoms with Crippen molar-refractivity contribution in [1.29, 1.82) is 0 Å². The van der Waals surface area contributed by atoms with Crippen molar-refractivity contribution in [3.63, 3.8) is 0 Å². The van der Waals surface area contributed by atoms with E-state index >= 15 is 0 Å². The third-order valence-electron chi connectivity index (χ3n) is 4.00. The van der Waals surface area contributed by atoms with Gasteiger partial charge < -0.3 is 10.1 Å². The highest BCUT2D eigenvalue weighted by atomic mass is 16.5. The Balaban J connectivity index is 1.58. The smallest absolute Gasteiger partial charge is 0.0572 e. The molecule has 102 valence electrons. The number of aromatic nitrogens is 2. The van der Waals surface area contributed by atoms with E-state index < -0.39 is 0 Å². The van der Waals surface area contributed by atoms with Crippen molar-refractivity contribution in [2.24, 2.45) is 0 Å². The minimum absolute atomic E-state index is 0.497. The van der Waals surface area contributed by atoms with Crippen LogP contribution < -0.4 is 5.32 Å². The Hall–Kier alpha value is -0.870. The molecule has 1 aliphatic carbocycles. The lowest BCUT2D eigenvalue weighted by atomic mass is 9.93. The van der Waals surface area contributed by atoms with E-state index in [4.69, 9.17) is 4.74 Å². The summed E-state index contributed by atoms with van der Waals surface area (Å²) in [6.07, 6.45) is 9.65. The molecule has 0 amide bonds. The predicted molar refractivity (Wildman–Crippen MR) is 72.7 cm³/mol. The average molecular weight is 251 g/mol. The van der Waals surface area contributed by atoms with E-state index in [0.717, 1.165) is 13.0 Å². The molecule has 0 unspecified atom stereocenters. The second kappa shape index (κ2) is 6.90. The van der Waals surface area contributed by atoms with Gasteiger partial charge >= 0.3 is 0 Å². The van der Waals surface area contributed by atoms with Gasteiger partial charge in [-0.2, -0.15) is 5.10 Å². The monoisotopic (exact) mass is 251 g/mol. The minimum Gasteiger partial charge on any atom is -0.381 e. The van der Waals surface area contributed by atoms with Crippen LogP contribution in [0.1, 0.15) is 43.4 Å². The van der Waals surface area contributed by atoms with Crippen molar-refractivity contribution in [3.8, 4) is 0 Å². The summed E-state index contributed by atoms with van der Waals surface area (Å²) in [5.74, 6) is 0. The molecule has 0 saturated heterocycles. The van der Waals surface area contributed by atoms with Crippen molar-refractivity contribution >= 4 is 0 Å². The number of nitrogens with one attached hydrogen (secondary N) is 2. The minimum atomic E-state index is 0.497. The molecule has 1 aliphatic rings. The molecule has 1 aromatic heterocycles. The second-order valence-electron chi connectivity index (χ2n) is 5.29. The number of methoxy groups -OCH3 is 1. The second-order valence-corrected chi connectivity index (χ2v) is 5.29.